The summed E-state index contributed by atoms with van der Waals surface area (Å²) >= 11 is 0. The van der Waals surface area contributed by atoms with Crippen LogP contribution in [0.2, 0.25) is 0 Å². The van der Waals surface area contributed by atoms with E-state index in [9.17, 15) is 24.9 Å². The van der Waals surface area contributed by atoms with Crippen LogP contribution >= 0.6 is 0 Å². The highest BCUT2D eigenvalue weighted by atomic mass is 16.5. The summed E-state index contributed by atoms with van der Waals surface area (Å²) < 4.78 is 16.8. The summed E-state index contributed by atoms with van der Waals surface area (Å²) in [5.74, 6) is -3.06. The van der Waals surface area contributed by atoms with Crippen LogP contribution in [0.15, 0.2) is 75.4 Å². The van der Waals surface area contributed by atoms with E-state index >= 15 is 0 Å². The van der Waals surface area contributed by atoms with Crippen molar-refractivity contribution in [2.24, 2.45) is 0 Å². The molecule has 8 nitrogen and oxygen atoms in total. The van der Waals surface area contributed by atoms with Gasteiger partial charge < -0.3 is 29.2 Å². The van der Waals surface area contributed by atoms with E-state index in [2.05, 4.69) is 0 Å². The average molecular weight is 486 g/mol. The fraction of sp³-hybridized carbons (Fsp3) is 0.143. The van der Waals surface area contributed by atoms with Gasteiger partial charge in [0.25, 0.3) is 0 Å². The molecule has 0 unspecified atom stereocenters. The van der Waals surface area contributed by atoms with Gasteiger partial charge in [-0.25, -0.2) is 0 Å². The van der Waals surface area contributed by atoms with Crippen LogP contribution in [0.1, 0.15) is 23.5 Å². The van der Waals surface area contributed by atoms with Crippen molar-refractivity contribution in [3.63, 3.8) is 0 Å². The lowest BCUT2D eigenvalue weighted by atomic mass is 9.84. The van der Waals surface area contributed by atoms with Crippen LogP contribution in [0.4, 0.5) is 0 Å². The highest BCUT2D eigenvalue weighted by Crippen LogP contribution is 2.50. The van der Waals surface area contributed by atoms with Crippen molar-refractivity contribution in [2.45, 2.75) is 12.3 Å². The lowest BCUT2D eigenvalue weighted by molar-refractivity contribution is -0.140. The summed E-state index contributed by atoms with van der Waals surface area (Å²) in [5.41, 5.74) is 1.12. The van der Waals surface area contributed by atoms with Crippen molar-refractivity contribution in [1.29, 1.82) is 0 Å². The van der Waals surface area contributed by atoms with Gasteiger partial charge in [0.15, 0.2) is 16.9 Å². The van der Waals surface area contributed by atoms with Crippen LogP contribution in [0, 0.1) is 0 Å². The Morgan fingerprint density at radius 2 is 1.72 bits per heavy atom. The maximum atomic E-state index is 13.1. The van der Waals surface area contributed by atoms with E-state index in [1.165, 1.54) is 13.2 Å². The zero-order valence-corrected chi connectivity index (χ0v) is 19.2. The molecule has 3 N–H and O–H groups in total. The summed E-state index contributed by atoms with van der Waals surface area (Å²) in [6.07, 6.45) is 1.57. The molecule has 0 amide bonds. The number of carbonyl (C=O) groups excluding carboxylic acids is 1. The molecule has 5 rings (SSSR count). The number of benzene rings is 3. The standard InChI is InChI=1S/C28H22O8/c1-34-22(30)12-18(17-11-16-9-5-6-10-20(16)35-14-17)23-25(31)27(33)26(32)24-19(29)13-21(36-28(23)24)15-7-3-2-4-8-15/h2-11,13,18,31-33H,12,14H2,1H3/t18-/m1/s1. The van der Waals surface area contributed by atoms with Gasteiger partial charge in [-0.05, 0) is 17.7 Å². The zero-order valence-electron chi connectivity index (χ0n) is 19.2. The van der Waals surface area contributed by atoms with E-state index in [4.69, 9.17) is 13.9 Å². The van der Waals surface area contributed by atoms with Gasteiger partial charge in [0.2, 0.25) is 5.75 Å². The van der Waals surface area contributed by atoms with Gasteiger partial charge in [-0.15, -0.1) is 0 Å². The number of carbonyl (C=O) groups is 1. The first-order valence-electron chi connectivity index (χ1n) is 11.2. The lowest BCUT2D eigenvalue weighted by Crippen LogP contribution is -2.18. The summed E-state index contributed by atoms with van der Waals surface area (Å²) in [7, 11) is 1.24. The van der Waals surface area contributed by atoms with Crippen molar-refractivity contribution in [2.75, 3.05) is 13.7 Å². The molecular weight excluding hydrogens is 464 g/mol. The predicted molar refractivity (Wildman–Crippen MR) is 132 cm³/mol. The molecule has 3 aromatic carbocycles. The fourth-order valence-electron chi connectivity index (χ4n) is 4.44. The number of methoxy groups -OCH3 is 1. The molecule has 1 atom stereocenters. The molecule has 0 spiro atoms. The van der Waals surface area contributed by atoms with E-state index in [0.717, 1.165) is 5.56 Å². The van der Waals surface area contributed by atoms with Crippen molar-refractivity contribution in [1.82, 2.24) is 0 Å². The van der Waals surface area contributed by atoms with Gasteiger partial charge in [-0.1, -0.05) is 48.5 Å². The van der Waals surface area contributed by atoms with E-state index < -0.39 is 34.6 Å². The molecule has 0 saturated heterocycles. The van der Waals surface area contributed by atoms with Crippen LogP contribution in [0.25, 0.3) is 28.4 Å². The Morgan fingerprint density at radius 1 is 1.00 bits per heavy atom. The topological polar surface area (TPSA) is 126 Å². The zero-order chi connectivity index (χ0) is 25.4. The molecule has 0 bridgehead atoms. The number of para-hydroxylation sites is 1. The van der Waals surface area contributed by atoms with Gasteiger partial charge in [-0.3, -0.25) is 9.59 Å². The van der Waals surface area contributed by atoms with Crippen molar-refractivity contribution < 1.29 is 34.0 Å². The number of phenolic OH excluding ortho intramolecular Hbond substituents is 3. The van der Waals surface area contributed by atoms with E-state index in [0.29, 0.717) is 16.9 Å². The minimum Gasteiger partial charge on any atom is -0.504 e. The molecule has 0 radical (unpaired) electrons. The van der Waals surface area contributed by atoms with Gasteiger partial charge in [0.05, 0.1) is 13.5 Å². The van der Waals surface area contributed by atoms with Crippen LogP contribution in [-0.2, 0) is 9.53 Å². The monoisotopic (exact) mass is 486 g/mol. The van der Waals surface area contributed by atoms with Crippen molar-refractivity contribution in [3.05, 3.63) is 87.6 Å². The number of fused-ring (bicyclic) bond motifs is 2. The number of hydrogen-bond donors (Lipinski definition) is 3. The SMILES string of the molecule is COC(=O)C[C@H](C1=Cc2ccccc2OC1)c1c(O)c(O)c(O)c2c(=O)cc(-c3ccccc3)oc12. The maximum Gasteiger partial charge on any atom is 0.306 e. The highest BCUT2D eigenvalue weighted by Gasteiger charge is 2.33. The largest absolute Gasteiger partial charge is 0.504 e. The quantitative estimate of drug-likeness (QED) is 0.274. The molecule has 2 heterocycles. The van der Waals surface area contributed by atoms with E-state index in [1.807, 2.05) is 36.4 Å². The molecular formula is C28H22O8. The smallest absolute Gasteiger partial charge is 0.306 e. The molecule has 182 valence electrons. The third-order valence-electron chi connectivity index (χ3n) is 6.24. The number of aromatic hydroxyl groups is 3. The first-order valence-corrected chi connectivity index (χ1v) is 11.2. The molecule has 1 aliphatic heterocycles. The Hall–Kier alpha value is -4.72. The number of phenols is 3. The third-order valence-corrected chi connectivity index (χ3v) is 6.24. The summed E-state index contributed by atoms with van der Waals surface area (Å²) in [6, 6.07) is 17.3. The van der Waals surface area contributed by atoms with Crippen LogP contribution in [0.3, 0.4) is 0 Å². The average Bonchev–Trinajstić information content (AvgIpc) is 2.91. The Morgan fingerprint density at radius 3 is 2.47 bits per heavy atom. The molecule has 1 aliphatic rings. The number of rotatable bonds is 5. The minimum absolute atomic E-state index is 0.0326. The predicted octanol–water partition coefficient (Wildman–Crippen LogP) is 4.70. The van der Waals surface area contributed by atoms with Gasteiger partial charge in [0.1, 0.15) is 29.1 Å². The van der Waals surface area contributed by atoms with Crippen LogP contribution in [0.5, 0.6) is 23.0 Å². The van der Waals surface area contributed by atoms with Gasteiger partial charge in [0, 0.05) is 28.7 Å². The van der Waals surface area contributed by atoms with Crippen LogP contribution in [-0.4, -0.2) is 35.0 Å². The summed E-state index contributed by atoms with van der Waals surface area (Å²) in [5, 5.41) is 31.8. The van der Waals surface area contributed by atoms with E-state index in [1.54, 1.807) is 24.3 Å². The maximum absolute atomic E-state index is 13.1. The minimum atomic E-state index is -0.908. The number of esters is 1. The molecule has 4 aromatic rings. The molecule has 1 aromatic heterocycles. The van der Waals surface area contributed by atoms with Crippen molar-refractivity contribution >= 4 is 23.0 Å². The second-order valence-electron chi connectivity index (χ2n) is 8.38. The Labute approximate surface area is 205 Å². The second kappa shape index (κ2) is 9.14. The van der Waals surface area contributed by atoms with Crippen LogP contribution < -0.4 is 10.2 Å². The van der Waals surface area contributed by atoms with Gasteiger partial charge >= 0.3 is 5.97 Å². The fourth-order valence-corrected chi connectivity index (χ4v) is 4.44. The molecule has 36 heavy (non-hydrogen) atoms. The number of ether oxygens (including phenoxy) is 2. The molecule has 0 aliphatic carbocycles. The van der Waals surface area contributed by atoms with Gasteiger partial charge in [-0.2, -0.15) is 0 Å². The normalized spacial score (nSPS) is 13.4. The molecule has 8 heteroatoms. The first-order chi connectivity index (χ1) is 17.4. The summed E-state index contributed by atoms with van der Waals surface area (Å²) in [6.45, 7) is 0.0733. The van der Waals surface area contributed by atoms with E-state index in [-0.39, 0.29) is 35.3 Å². The highest BCUT2D eigenvalue weighted by molar-refractivity contribution is 5.94. The Kier molecular flexibility index (Phi) is 5.85. The summed E-state index contributed by atoms with van der Waals surface area (Å²) in [4.78, 5) is 25.6. The molecule has 0 saturated carbocycles. The number of hydrogen-bond acceptors (Lipinski definition) is 8. The Balaban J connectivity index is 1.81. The second-order valence-corrected chi connectivity index (χ2v) is 8.38. The first kappa shape index (κ1) is 23.0. The third kappa shape index (κ3) is 3.92. The lowest BCUT2D eigenvalue weighted by Gasteiger charge is -2.26. The van der Waals surface area contributed by atoms with Crippen molar-refractivity contribution in [3.8, 4) is 34.3 Å². The molecule has 0 fully saturated rings. The Bertz CT molecular complexity index is 1570.